The number of nitrogens with one attached hydrogen (secondary N) is 1. The molecule has 0 fully saturated rings. The Morgan fingerprint density at radius 2 is 1.72 bits per heavy atom. The van der Waals surface area contributed by atoms with Crippen molar-refractivity contribution in [1.82, 2.24) is 4.90 Å². The molecule has 0 bridgehead atoms. The molecule has 2 rings (SSSR count). The van der Waals surface area contributed by atoms with Gasteiger partial charge in [-0.05, 0) is 30.2 Å². The number of anilines is 1. The quantitative estimate of drug-likeness (QED) is 0.803. The highest BCUT2D eigenvalue weighted by Gasteiger charge is 2.14. The van der Waals surface area contributed by atoms with Gasteiger partial charge >= 0.3 is 0 Å². The monoisotopic (exact) mass is 340 g/mol. The van der Waals surface area contributed by atoms with Crippen LogP contribution in [0.2, 0.25) is 0 Å². The Bertz CT molecular complexity index is 701. The van der Waals surface area contributed by atoms with Gasteiger partial charge in [-0.15, -0.1) is 0 Å². The van der Waals surface area contributed by atoms with Crippen molar-refractivity contribution in [3.8, 4) is 5.75 Å². The van der Waals surface area contributed by atoms with Crippen LogP contribution in [0, 0.1) is 0 Å². The molecular formula is C20H24N2O3. The maximum absolute atomic E-state index is 12.2. The number of aryl methyl sites for hydroxylation is 1. The van der Waals surface area contributed by atoms with E-state index >= 15 is 0 Å². The van der Waals surface area contributed by atoms with Crippen molar-refractivity contribution in [2.75, 3.05) is 25.5 Å². The number of nitrogens with zero attached hydrogens (tertiary/aromatic N) is 1. The third-order valence-corrected chi connectivity index (χ3v) is 3.81. The zero-order chi connectivity index (χ0) is 18.1. The molecule has 5 nitrogen and oxygen atoms in total. The zero-order valence-corrected chi connectivity index (χ0v) is 14.7. The standard InChI is InChI=1S/C20H24N2O3/c1-3-16-9-7-8-12-18(16)21-19(23)15-22(2)20(24)13-14-25-17-10-5-4-6-11-17/h4-12H,3,13-15H2,1-2H3,(H,21,23). The molecule has 5 heteroatoms. The molecule has 0 saturated heterocycles. The van der Waals surface area contributed by atoms with Crippen LogP contribution in [-0.4, -0.2) is 36.9 Å². The maximum atomic E-state index is 12.2. The van der Waals surface area contributed by atoms with Gasteiger partial charge in [0.15, 0.2) is 0 Å². The van der Waals surface area contributed by atoms with E-state index in [-0.39, 0.29) is 31.4 Å². The van der Waals surface area contributed by atoms with Gasteiger partial charge in [-0.2, -0.15) is 0 Å². The minimum Gasteiger partial charge on any atom is -0.493 e. The van der Waals surface area contributed by atoms with E-state index in [1.807, 2.05) is 61.5 Å². The molecule has 0 atom stereocenters. The second kappa shape index (κ2) is 9.47. The minimum absolute atomic E-state index is 0.0161. The second-order valence-electron chi connectivity index (χ2n) is 5.72. The molecule has 2 amide bonds. The lowest BCUT2D eigenvalue weighted by Gasteiger charge is -2.17. The summed E-state index contributed by atoms with van der Waals surface area (Å²) in [6.07, 6.45) is 1.06. The number of amides is 2. The number of rotatable bonds is 8. The fourth-order valence-electron chi connectivity index (χ4n) is 2.41. The molecule has 132 valence electrons. The van der Waals surface area contributed by atoms with E-state index < -0.39 is 0 Å². The Morgan fingerprint density at radius 3 is 2.44 bits per heavy atom. The van der Waals surface area contributed by atoms with Gasteiger partial charge in [0.1, 0.15) is 5.75 Å². The Kier molecular flexibility index (Phi) is 7.01. The van der Waals surface area contributed by atoms with E-state index in [9.17, 15) is 9.59 Å². The van der Waals surface area contributed by atoms with Crippen molar-refractivity contribution in [2.24, 2.45) is 0 Å². The van der Waals surface area contributed by atoms with Crippen molar-refractivity contribution in [3.63, 3.8) is 0 Å². The Hall–Kier alpha value is -2.82. The molecule has 0 aliphatic heterocycles. The molecule has 0 saturated carbocycles. The summed E-state index contributed by atoms with van der Waals surface area (Å²) in [7, 11) is 1.62. The van der Waals surface area contributed by atoms with Crippen LogP contribution >= 0.6 is 0 Å². The lowest BCUT2D eigenvalue weighted by Crippen LogP contribution is -2.35. The summed E-state index contributed by atoms with van der Waals surface area (Å²) in [6, 6.07) is 17.0. The number of benzene rings is 2. The predicted molar refractivity (Wildman–Crippen MR) is 98.6 cm³/mol. The van der Waals surface area contributed by atoms with Crippen molar-refractivity contribution < 1.29 is 14.3 Å². The molecule has 0 unspecified atom stereocenters. The Labute approximate surface area is 148 Å². The molecule has 0 aromatic heterocycles. The fourth-order valence-corrected chi connectivity index (χ4v) is 2.41. The smallest absolute Gasteiger partial charge is 0.243 e. The highest BCUT2D eigenvalue weighted by molar-refractivity contribution is 5.95. The molecule has 0 aliphatic rings. The average molecular weight is 340 g/mol. The molecule has 25 heavy (non-hydrogen) atoms. The maximum Gasteiger partial charge on any atom is 0.243 e. The van der Waals surface area contributed by atoms with E-state index in [2.05, 4.69) is 5.32 Å². The van der Waals surface area contributed by atoms with Gasteiger partial charge in [0, 0.05) is 12.7 Å². The average Bonchev–Trinajstić information content (AvgIpc) is 2.62. The zero-order valence-electron chi connectivity index (χ0n) is 14.7. The summed E-state index contributed by atoms with van der Waals surface area (Å²) in [5.41, 5.74) is 1.87. The van der Waals surface area contributed by atoms with Gasteiger partial charge in [0.2, 0.25) is 11.8 Å². The minimum atomic E-state index is -0.208. The van der Waals surface area contributed by atoms with Gasteiger partial charge in [0.05, 0.1) is 19.6 Å². The number of hydrogen-bond donors (Lipinski definition) is 1. The van der Waals surface area contributed by atoms with Crippen molar-refractivity contribution >= 4 is 17.5 Å². The lowest BCUT2D eigenvalue weighted by molar-refractivity contribution is -0.133. The summed E-state index contributed by atoms with van der Waals surface area (Å²) in [5.74, 6) is 0.391. The van der Waals surface area contributed by atoms with Crippen LogP contribution in [0.25, 0.3) is 0 Å². The fraction of sp³-hybridized carbons (Fsp3) is 0.300. The molecular weight excluding hydrogens is 316 g/mol. The number of para-hydroxylation sites is 2. The summed E-state index contributed by atoms with van der Waals surface area (Å²) in [4.78, 5) is 25.7. The summed E-state index contributed by atoms with van der Waals surface area (Å²) in [6.45, 7) is 2.34. The Balaban J connectivity index is 1.77. The number of hydrogen-bond acceptors (Lipinski definition) is 3. The van der Waals surface area contributed by atoms with E-state index in [1.165, 1.54) is 4.90 Å². The third kappa shape index (κ3) is 5.95. The van der Waals surface area contributed by atoms with Crippen LogP contribution in [0.4, 0.5) is 5.69 Å². The second-order valence-corrected chi connectivity index (χ2v) is 5.72. The summed E-state index contributed by atoms with van der Waals surface area (Å²) in [5, 5.41) is 2.87. The molecule has 2 aromatic rings. The number of carbonyl (C=O) groups is 2. The Morgan fingerprint density at radius 1 is 1.04 bits per heavy atom. The highest BCUT2D eigenvalue weighted by Crippen LogP contribution is 2.15. The van der Waals surface area contributed by atoms with Gasteiger partial charge < -0.3 is 15.0 Å². The number of ether oxygens (including phenoxy) is 1. The van der Waals surface area contributed by atoms with E-state index in [4.69, 9.17) is 4.74 Å². The number of likely N-dealkylation sites (N-methyl/N-ethyl adjacent to an activating group) is 1. The van der Waals surface area contributed by atoms with E-state index in [0.717, 1.165) is 23.4 Å². The van der Waals surface area contributed by atoms with Crippen LogP contribution in [0.1, 0.15) is 18.9 Å². The first-order valence-electron chi connectivity index (χ1n) is 8.39. The topological polar surface area (TPSA) is 58.6 Å². The SMILES string of the molecule is CCc1ccccc1NC(=O)CN(C)C(=O)CCOc1ccccc1. The van der Waals surface area contributed by atoms with Gasteiger partial charge in [0.25, 0.3) is 0 Å². The first-order valence-corrected chi connectivity index (χ1v) is 8.39. The van der Waals surface area contributed by atoms with Crippen LogP contribution in [0.5, 0.6) is 5.75 Å². The summed E-state index contributed by atoms with van der Waals surface area (Å²) >= 11 is 0. The van der Waals surface area contributed by atoms with Crippen molar-refractivity contribution in [1.29, 1.82) is 0 Å². The van der Waals surface area contributed by atoms with E-state index in [1.54, 1.807) is 7.05 Å². The van der Waals surface area contributed by atoms with Crippen molar-refractivity contribution in [2.45, 2.75) is 19.8 Å². The van der Waals surface area contributed by atoms with Crippen LogP contribution in [0.15, 0.2) is 54.6 Å². The predicted octanol–water partition coefficient (Wildman–Crippen LogP) is 3.12. The first-order chi connectivity index (χ1) is 12.1. The van der Waals surface area contributed by atoms with Gasteiger partial charge in [-0.1, -0.05) is 43.3 Å². The molecule has 0 heterocycles. The van der Waals surface area contributed by atoms with Gasteiger partial charge in [-0.25, -0.2) is 0 Å². The van der Waals surface area contributed by atoms with Crippen LogP contribution in [-0.2, 0) is 16.0 Å². The highest BCUT2D eigenvalue weighted by atomic mass is 16.5. The molecule has 1 N–H and O–H groups in total. The molecule has 2 aromatic carbocycles. The molecule has 0 spiro atoms. The first kappa shape index (κ1) is 18.5. The third-order valence-electron chi connectivity index (χ3n) is 3.81. The number of carbonyl (C=O) groups excluding carboxylic acids is 2. The van der Waals surface area contributed by atoms with Crippen LogP contribution < -0.4 is 10.1 Å². The van der Waals surface area contributed by atoms with Crippen molar-refractivity contribution in [3.05, 3.63) is 60.2 Å². The molecule has 0 radical (unpaired) electrons. The lowest BCUT2D eigenvalue weighted by atomic mass is 10.1. The normalized spacial score (nSPS) is 10.2. The summed E-state index contributed by atoms with van der Waals surface area (Å²) < 4.78 is 5.51. The largest absolute Gasteiger partial charge is 0.493 e. The molecule has 0 aliphatic carbocycles. The van der Waals surface area contributed by atoms with E-state index in [0.29, 0.717) is 0 Å². The van der Waals surface area contributed by atoms with Gasteiger partial charge in [-0.3, -0.25) is 9.59 Å². The van der Waals surface area contributed by atoms with Crippen LogP contribution in [0.3, 0.4) is 0 Å².